The Morgan fingerprint density at radius 2 is 1.45 bits per heavy atom. The Morgan fingerprint density at radius 1 is 0.974 bits per heavy atom. The minimum Gasteiger partial charge on any atom is -0.475 e. The number of hydrogen-bond donors (Lipinski definition) is 5. The lowest BCUT2D eigenvalue weighted by molar-refractivity contribution is -0.193. The number of aliphatic hydroxyl groups excluding tert-OH is 2. The third kappa shape index (κ3) is 7.16. The van der Waals surface area contributed by atoms with Gasteiger partial charge in [0, 0.05) is 24.0 Å². The summed E-state index contributed by atoms with van der Waals surface area (Å²) in [6.45, 7) is 3.08. The molecule has 0 bridgehead atoms. The van der Waals surface area contributed by atoms with Crippen LogP contribution in [0, 0.1) is 5.41 Å². The van der Waals surface area contributed by atoms with Gasteiger partial charge in [0.1, 0.15) is 0 Å². The van der Waals surface area contributed by atoms with E-state index >= 15 is 0 Å². The van der Waals surface area contributed by atoms with E-state index in [0.29, 0.717) is 0 Å². The van der Waals surface area contributed by atoms with Crippen LogP contribution in [0.3, 0.4) is 0 Å². The summed E-state index contributed by atoms with van der Waals surface area (Å²) < 4.78 is 63.5. The molecule has 1 saturated heterocycles. The van der Waals surface area contributed by atoms with Crippen molar-refractivity contribution in [2.75, 3.05) is 33.3 Å². The predicted octanol–water partition coefficient (Wildman–Crippen LogP) is 3.08. The molecular formula is C24H32F6N2O6. The van der Waals surface area contributed by atoms with Gasteiger partial charge in [-0.1, -0.05) is 30.7 Å². The summed E-state index contributed by atoms with van der Waals surface area (Å²) in [5.74, 6) is -5.51. The second kappa shape index (κ2) is 12.2. The van der Waals surface area contributed by atoms with Gasteiger partial charge in [-0.3, -0.25) is 4.90 Å². The Bertz CT molecular complexity index is 931. The summed E-state index contributed by atoms with van der Waals surface area (Å²) in [6.07, 6.45) is -5.10. The van der Waals surface area contributed by atoms with E-state index in [1.54, 1.807) is 0 Å². The van der Waals surface area contributed by atoms with Crippen LogP contribution < -0.4 is 5.32 Å². The fourth-order valence-electron chi connectivity index (χ4n) is 5.43. The minimum absolute atomic E-state index is 0.0447. The second-order valence-electron chi connectivity index (χ2n) is 9.92. The monoisotopic (exact) mass is 558 g/mol. The molecular weight excluding hydrogens is 526 g/mol. The van der Waals surface area contributed by atoms with Crippen molar-refractivity contribution in [3.05, 3.63) is 35.4 Å². The fourth-order valence-corrected chi connectivity index (χ4v) is 5.43. The van der Waals surface area contributed by atoms with Gasteiger partial charge in [-0.25, -0.2) is 9.59 Å². The van der Waals surface area contributed by atoms with Gasteiger partial charge in [-0.2, -0.15) is 26.3 Å². The number of nitrogens with one attached hydrogen (secondary N) is 1. The van der Waals surface area contributed by atoms with Gasteiger partial charge in [0.25, 0.3) is 0 Å². The summed E-state index contributed by atoms with van der Waals surface area (Å²) in [5, 5.41) is 38.9. The van der Waals surface area contributed by atoms with E-state index in [1.807, 2.05) is 0 Å². The molecule has 1 spiro atoms. The summed E-state index contributed by atoms with van der Waals surface area (Å²) in [5.41, 5.74) is 2.59. The molecule has 0 amide bonds. The molecule has 1 heterocycles. The minimum atomic E-state index is -5.08. The topological polar surface area (TPSA) is 130 Å². The Hall–Kier alpha value is -2.42. The average molecular weight is 559 g/mol. The normalized spacial score (nSPS) is 23.3. The maximum atomic E-state index is 11.4. The smallest absolute Gasteiger partial charge is 0.475 e. The molecule has 38 heavy (non-hydrogen) atoms. The number of piperidine rings is 1. The van der Waals surface area contributed by atoms with Crippen molar-refractivity contribution in [2.24, 2.45) is 5.41 Å². The standard InChI is InChI=1S/C20H30N2O2.2C2HF3O2/c1-22(13-19(14-23)7-4-8-19)17-15-5-2-3-6-16(15)20(18(17)24)9-11-21-12-10-20;2*3-2(4,5)1(6)7/h2-3,5-6,17-18,21,23-24H,4,7-14H2,1H3;2*(H,6,7)/t17-,18+;;/m1../s1. The highest BCUT2D eigenvalue weighted by Crippen LogP contribution is 2.53. The fraction of sp³-hybridized carbons (Fsp3) is 0.667. The van der Waals surface area contributed by atoms with Gasteiger partial charge >= 0.3 is 24.3 Å². The van der Waals surface area contributed by atoms with Crippen molar-refractivity contribution in [1.29, 1.82) is 0 Å². The van der Waals surface area contributed by atoms with Crippen molar-refractivity contribution in [2.45, 2.75) is 62.0 Å². The Kier molecular flexibility index (Phi) is 10.2. The zero-order chi connectivity index (χ0) is 28.9. The molecule has 1 aromatic rings. The number of aliphatic carboxylic acids is 2. The first-order chi connectivity index (χ1) is 17.5. The molecule has 1 aliphatic heterocycles. The molecule has 8 nitrogen and oxygen atoms in total. The zero-order valence-electron chi connectivity index (χ0n) is 20.6. The van der Waals surface area contributed by atoms with E-state index in [-0.39, 0.29) is 29.6 Å². The number of carboxylic acid groups (broad SMARTS) is 2. The largest absolute Gasteiger partial charge is 0.490 e. The Balaban J connectivity index is 0.000000301. The number of halogens is 6. The van der Waals surface area contributed by atoms with Crippen molar-refractivity contribution >= 4 is 11.9 Å². The summed E-state index contributed by atoms with van der Waals surface area (Å²) >= 11 is 0. The number of fused-ring (bicyclic) bond motifs is 2. The second-order valence-corrected chi connectivity index (χ2v) is 9.92. The zero-order valence-corrected chi connectivity index (χ0v) is 20.6. The third-order valence-electron chi connectivity index (χ3n) is 7.47. The van der Waals surface area contributed by atoms with Crippen LogP contribution in [-0.4, -0.2) is 89.0 Å². The number of rotatable bonds is 4. The number of carbonyl (C=O) groups is 2. The SMILES string of the molecule is CN(CC1(CO)CCC1)[C@@H]1c2ccccc2C2(CCNCC2)[C@H]1O.O=C(O)C(F)(F)F.O=C(O)C(F)(F)F. The van der Waals surface area contributed by atoms with Crippen LogP contribution in [0.5, 0.6) is 0 Å². The maximum absolute atomic E-state index is 11.4. The van der Waals surface area contributed by atoms with Crippen LogP contribution >= 0.6 is 0 Å². The van der Waals surface area contributed by atoms with Crippen molar-refractivity contribution in [3.8, 4) is 0 Å². The molecule has 216 valence electrons. The molecule has 0 aromatic heterocycles. The number of likely N-dealkylation sites (N-methyl/N-ethyl adjacent to an activating group) is 1. The van der Waals surface area contributed by atoms with Gasteiger partial charge in [-0.15, -0.1) is 0 Å². The van der Waals surface area contributed by atoms with Gasteiger partial charge in [0.2, 0.25) is 0 Å². The molecule has 1 aromatic carbocycles. The number of alkyl halides is 6. The molecule has 0 radical (unpaired) electrons. The Morgan fingerprint density at radius 3 is 1.84 bits per heavy atom. The number of aliphatic hydroxyl groups is 2. The van der Waals surface area contributed by atoms with Crippen molar-refractivity contribution in [3.63, 3.8) is 0 Å². The molecule has 14 heteroatoms. The summed E-state index contributed by atoms with van der Waals surface area (Å²) in [6, 6.07) is 8.67. The van der Waals surface area contributed by atoms with E-state index in [0.717, 1.165) is 45.3 Å². The van der Waals surface area contributed by atoms with E-state index in [1.165, 1.54) is 17.5 Å². The number of carboxylic acids is 2. The van der Waals surface area contributed by atoms with Crippen LogP contribution in [-0.2, 0) is 15.0 Å². The number of nitrogens with zero attached hydrogens (tertiary/aromatic N) is 1. The number of hydrogen-bond acceptors (Lipinski definition) is 6. The van der Waals surface area contributed by atoms with Crippen LogP contribution in [0.1, 0.15) is 49.3 Å². The van der Waals surface area contributed by atoms with Gasteiger partial charge in [0.15, 0.2) is 0 Å². The highest BCUT2D eigenvalue weighted by Gasteiger charge is 2.53. The number of benzene rings is 1. The lowest BCUT2D eigenvalue weighted by Gasteiger charge is -2.46. The van der Waals surface area contributed by atoms with Gasteiger partial charge in [-0.05, 0) is 56.9 Å². The van der Waals surface area contributed by atoms with Crippen LogP contribution in [0.4, 0.5) is 26.3 Å². The first-order valence-corrected chi connectivity index (χ1v) is 11.9. The van der Waals surface area contributed by atoms with Crippen molar-refractivity contribution < 1.29 is 56.4 Å². The molecule has 2 fully saturated rings. The molecule has 4 rings (SSSR count). The summed E-state index contributed by atoms with van der Waals surface area (Å²) in [4.78, 5) is 20.1. The van der Waals surface area contributed by atoms with Crippen molar-refractivity contribution in [1.82, 2.24) is 10.2 Å². The van der Waals surface area contributed by atoms with Crippen LogP contribution in [0.25, 0.3) is 0 Å². The van der Waals surface area contributed by atoms with Gasteiger partial charge < -0.3 is 25.7 Å². The lowest BCUT2D eigenvalue weighted by atomic mass is 9.68. The predicted molar refractivity (Wildman–Crippen MR) is 122 cm³/mol. The average Bonchev–Trinajstić information content (AvgIpc) is 3.04. The first-order valence-electron chi connectivity index (χ1n) is 11.9. The Labute approximate surface area is 215 Å². The maximum Gasteiger partial charge on any atom is 0.490 e. The first kappa shape index (κ1) is 31.8. The van der Waals surface area contributed by atoms with E-state index in [4.69, 9.17) is 19.8 Å². The molecule has 5 N–H and O–H groups in total. The highest BCUT2D eigenvalue weighted by atomic mass is 19.4. The van der Waals surface area contributed by atoms with Crippen LogP contribution in [0.15, 0.2) is 24.3 Å². The molecule has 1 saturated carbocycles. The summed E-state index contributed by atoms with van der Waals surface area (Å²) in [7, 11) is 2.13. The van der Waals surface area contributed by atoms with Gasteiger partial charge in [0.05, 0.1) is 12.1 Å². The molecule has 2 atom stereocenters. The molecule has 0 unspecified atom stereocenters. The van der Waals surface area contributed by atoms with E-state index < -0.39 is 24.3 Å². The van der Waals surface area contributed by atoms with Crippen LogP contribution in [0.2, 0.25) is 0 Å². The highest BCUT2D eigenvalue weighted by molar-refractivity contribution is 5.73. The molecule has 2 aliphatic carbocycles. The quantitative estimate of drug-likeness (QED) is 0.357. The molecule has 3 aliphatic rings. The third-order valence-corrected chi connectivity index (χ3v) is 7.47. The van der Waals surface area contributed by atoms with E-state index in [9.17, 15) is 36.6 Å². The van der Waals surface area contributed by atoms with E-state index in [2.05, 4.69) is 41.5 Å². The lowest BCUT2D eigenvalue weighted by Crippen LogP contribution is -2.50.